The predicted octanol–water partition coefficient (Wildman–Crippen LogP) is 2.23. The quantitative estimate of drug-likeness (QED) is 0.594. The van der Waals surface area contributed by atoms with Gasteiger partial charge in [-0.05, 0) is 49.7 Å². The molecule has 0 spiro atoms. The Hall–Kier alpha value is -2.20. The van der Waals surface area contributed by atoms with Crippen LogP contribution in [0.4, 0.5) is 0 Å². The van der Waals surface area contributed by atoms with E-state index in [1.54, 1.807) is 24.3 Å². The molecule has 1 atom stereocenters. The number of pyridine rings is 1. The van der Waals surface area contributed by atoms with Crippen molar-refractivity contribution in [3.8, 4) is 5.75 Å². The molecule has 10 heteroatoms. The van der Waals surface area contributed by atoms with Gasteiger partial charge in [0.05, 0.1) is 17.7 Å². The van der Waals surface area contributed by atoms with Gasteiger partial charge >= 0.3 is 0 Å². The van der Waals surface area contributed by atoms with Gasteiger partial charge in [-0.15, -0.1) is 5.10 Å². The summed E-state index contributed by atoms with van der Waals surface area (Å²) in [4.78, 5) is 4.02. The Balaban J connectivity index is 1.74. The average molecular weight is 412 g/mol. The maximum atomic E-state index is 12.3. The van der Waals surface area contributed by atoms with Crippen molar-refractivity contribution >= 4 is 27.4 Å². The minimum absolute atomic E-state index is 0.0343. The molecule has 0 saturated heterocycles. The number of aromatic nitrogens is 3. The molecule has 0 radical (unpaired) electrons. The van der Waals surface area contributed by atoms with Gasteiger partial charge in [-0.25, -0.2) is 4.52 Å². The molecular formula is C17H18ClN3O5S. The fourth-order valence-corrected chi connectivity index (χ4v) is 3.44. The van der Waals surface area contributed by atoms with Crippen molar-refractivity contribution in [2.24, 2.45) is 0 Å². The van der Waals surface area contributed by atoms with Crippen molar-refractivity contribution in [1.82, 2.24) is 14.6 Å². The number of hydrogen-bond donors (Lipinski definition) is 1. The summed E-state index contributed by atoms with van der Waals surface area (Å²) >= 11 is 5.75. The first-order valence-corrected chi connectivity index (χ1v) is 9.77. The lowest BCUT2D eigenvalue weighted by molar-refractivity contribution is -0.0102. The molecule has 2 heterocycles. The summed E-state index contributed by atoms with van der Waals surface area (Å²) in [5.41, 5.74) is 0.160. The molecule has 2 aromatic heterocycles. The van der Waals surface area contributed by atoms with Crippen LogP contribution in [0.25, 0.3) is 5.65 Å². The van der Waals surface area contributed by atoms with Crippen molar-refractivity contribution in [2.75, 3.05) is 13.2 Å². The lowest BCUT2D eigenvalue weighted by Gasteiger charge is -2.28. The summed E-state index contributed by atoms with van der Waals surface area (Å²) in [5, 5.41) is 13.8. The first-order valence-electron chi connectivity index (χ1n) is 7.99. The Labute approximate surface area is 161 Å². The number of nitrogens with zero attached hydrogens (tertiary/aromatic N) is 3. The Morgan fingerprint density at radius 3 is 2.59 bits per heavy atom. The minimum Gasteiger partial charge on any atom is -0.481 e. The van der Waals surface area contributed by atoms with E-state index >= 15 is 0 Å². The highest BCUT2D eigenvalue weighted by molar-refractivity contribution is 7.86. The number of ether oxygens (including phenoxy) is 1. The van der Waals surface area contributed by atoms with Gasteiger partial charge in [0, 0.05) is 0 Å². The smallest absolute Gasteiger partial charge is 0.297 e. The molecule has 0 saturated carbocycles. The second-order valence-corrected chi connectivity index (χ2v) is 8.24. The highest BCUT2D eigenvalue weighted by Crippen LogP contribution is 2.22. The molecule has 0 aliphatic heterocycles. The Bertz CT molecular complexity index is 1050. The maximum absolute atomic E-state index is 12.3. The predicted molar refractivity (Wildman–Crippen MR) is 98.4 cm³/mol. The topological polar surface area (TPSA) is 103 Å². The third-order valence-corrected chi connectivity index (χ3v) is 5.24. The van der Waals surface area contributed by atoms with Crippen molar-refractivity contribution in [1.29, 1.82) is 0 Å². The Kier molecular flexibility index (Phi) is 5.38. The first kappa shape index (κ1) is 19.6. The van der Waals surface area contributed by atoms with Gasteiger partial charge in [0.1, 0.15) is 12.4 Å². The van der Waals surface area contributed by atoms with Gasteiger partial charge < -0.3 is 9.84 Å². The van der Waals surface area contributed by atoms with Crippen LogP contribution in [0.2, 0.25) is 5.28 Å². The van der Waals surface area contributed by atoms with Crippen LogP contribution < -0.4 is 4.74 Å². The van der Waals surface area contributed by atoms with Gasteiger partial charge in [-0.3, -0.25) is 4.18 Å². The largest absolute Gasteiger partial charge is 0.481 e. The van der Waals surface area contributed by atoms with E-state index in [-0.39, 0.29) is 16.8 Å². The fraction of sp³-hybridized carbons (Fsp3) is 0.294. The van der Waals surface area contributed by atoms with Gasteiger partial charge in [0.15, 0.2) is 11.2 Å². The molecular weight excluding hydrogens is 394 g/mol. The zero-order valence-corrected chi connectivity index (χ0v) is 16.2. The van der Waals surface area contributed by atoms with E-state index in [9.17, 15) is 13.5 Å². The van der Waals surface area contributed by atoms with Crippen LogP contribution in [0.5, 0.6) is 5.75 Å². The number of benzene rings is 1. The Morgan fingerprint density at radius 2 is 1.93 bits per heavy atom. The maximum Gasteiger partial charge on any atom is 0.297 e. The van der Waals surface area contributed by atoms with E-state index in [4.69, 9.17) is 20.5 Å². The summed E-state index contributed by atoms with van der Waals surface area (Å²) in [6.45, 7) is 2.55. The van der Waals surface area contributed by atoms with Gasteiger partial charge in [0.2, 0.25) is 5.28 Å². The first-order chi connectivity index (χ1) is 12.7. The number of halogens is 1. The average Bonchev–Trinajstić information content (AvgIpc) is 3.00. The number of aliphatic hydroxyl groups is 1. The van der Waals surface area contributed by atoms with Crippen molar-refractivity contribution < 1.29 is 22.4 Å². The molecule has 0 bridgehead atoms. The summed E-state index contributed by atoms with van der Waals surface area (Å²) in [7, 11) is -3.98. The Morgan fingerprint density at radius 1 is 1.22 bits per heavy atom. The van der Waals surface area contributed by atoms with Crippen LogP contribution in [-0.2, 0) is 14.3 Å². The highest BCUT2D eigenvalue weighted by atomic mass is 35.5. The van der Waals surface area contributed by atoms with E-state index in [0.717, 1.165) is 5.56 Å². The summed E-state index contributed by atoms with van der Waals surface area (Å²) < 4.78 is 36.9. The van der Waals surface area contributed by atoms with Crippen LogP contribution in [0, 0.1) is 6.92 Å². The summed E-state index contributed by atoms with van der Waals surface area (Å²) in [6, 6.07) is 9.53. The van der Waals surface area contributed by atoms with Crippen molar-refractivity contribution in [3.05, 3.63) is 53.4 Å². The minimum atomic E-state index is -3.98. The lowest BCUT2D eigenvalue weighted by atomic mass is 10.1. The van der Waals surface area contributed by atoms with E-state index in [1.807, 2.05) is 6.92 Å². The molecule has 0 aliphatic rings. The van der Waals surface area contributed by atoms with Gasteiger partial charge in [-0.1, -0.05) is 17.7 Å². The zero-order valence-electron chi connectivity index (χ0n) is 14.7. The summed E-state index contributed by atoms with van der Waals surface area (Å²) in [5.74, 6) is 0.344. The second-order valence-electron chi connectivity index (χ2n) is 6.29. The van der Waals surface area contributed by atoms with Gasteiger partial charge in [0.25, 0.3) is 10.1 Å². The molecule has 144 valence electrons. The number of aliphatic hydroxyl groups excluding tert-OH is 1. The molecule has 1 N–H and O–H groups in total. The van der Waals surface area contributed by atoms with Crippen LogP contribution >= 0.6 is 11.6 Å². The zero-order chi connectivity index (χ0) is 19.7. The SMILES string of the molecule is Cc1ccc(S(=O)(=O)OCC(C)(CO)Oc2ccc3nc(Cl)nn3c2)cc1. The van der Waals surface area contributed by atoms with Crippen molar-refractivity contribution in [2.45, 2.75) is 24.3 Å². The lowest BCUT2D eigenvalue weighted by Crippen LogP contribution is -2.42. The molecule has 0 fully saturated rings. The normalized spacial score (nSPS) is 14.2. The van der Waals surface area contributed by atoms with Crippen LogP contribution in [0.3, 0.4) is 0 Å². The fourth-order valence-electron chi connectivity index (χ4n) is 2.26. The molecule has 27 heavy (non-hydrogen) atoms. The monoisotopic (exact) mass is 411 g/mol. The number of rotatable bonds is 7. The molecule has 3 rings (SSSR count). The third-order valence-electron chi connectivity index (χ3n) is 3.81. The standard InChI is InChI=1S/C17H18ClN3O5S/c1-12-3-6-14(7-4-12)27(23,24)25-11-17(2,10-22)26-13-5-8-15-19-16(18)20-21(15)9-13/h3-9,22H,10-11H2,1-2H3. The number of hydrogen-bond acceptors (Lipinski definition) is 7. The summed E-state index contributed by atoms with van der Waals surface area (Å²) in [6.07, 6.45) is 1.52. The van der Waals surface area contributed by atoms with Crippen LogP contribution in [0.15, 0.2) is 47.5 Å². The third kappa shape index (κ3) is 4.56. The molecule has 1 aromatic carbocycles. The molecule has 8 nitrogen and oxygen atoms in total. The van der Waals surface area contributed by atoms with E-state index in [0.29, 0.717) is 11.4 Å². The van der Waals surface area contributed by atoms with Crippen molar-refractivity contribution in [3.63, 3.8) is 0 Å². The van der Waals surface area contributed by atoms with E-state index in [2.05, 4.69) is 10.1 Å². The van der Waals surface area contributed by atoms with Gasteiger partial charge in [-0.2, -0.15) is 13.4 Å². The molecule has 3 aromatic rings. The van der Waals surface area contributed by atoms with Crippen LogP contribution in [0.1, 0.15) is 12.5 Å². The van der Waals surface area contributed by atoms with E-state index in [1.165, 1.54) is 29.8 Å². The number of aryl methyl sites for hydroxylation is 1. The second kappa shape index (κ2) is 7.43. The molecule has 0 amide bonds. The molecule has 0 aliphatic carbocycles. The highest BCUT2D eigenvalue weighted by Gasteiger charge is 2.30. The number of fused-ring (bicyclic) bond motifs is 1. The van der Waals surface area contributed by atoms with Crippen LogP contribution in [-0.4, -0.2) is 46.9 Å². The van der Waals surface area contributed by atoms with E-state index < -0.39 is 22.3 Å². The molecule has 1 unspecified atom stereocenters.